The van der Waals surface area contributed by atoms with E-state index in [1.54, 1.807) is 27.7 Å². The summed E-state index contributed by atoms with van der Waals surface area (Å²) >= 11 is 0. The number of aliphatic hydroxyl groups excluding tert-OH is 1. The topological polar surface area (TPSA) is 106 Å². The quantitative estimate of drug-likeness (QED) is 0.245. The van der Waals surface area contributed by atoms with Crippen molar-refractivity contribution in [3.8, 4) is 12.3 Å². The van der Waals surface area contributed by atoms with E-state index >= 15 is 0 Å². The Hall–Kier alpha value is -1.87. The third-order valence-electron chi connectivity index (χ3n) is 5.58. The van der Waals surface area contributed by atoms with Crippen molar-refractivity contribution in [3.63, 3.8) is 0 Å². The molecule has 0 aliphatic rings. The predicted octanol–water partition coefficient (Wildman–Crippen LogP) is 3.50. The highest BCUT2D eigenvalue weighted by atomic mass is 19.4. The van der Waals surface area contributed by atoms with Gasteiger partial charge in [0, 0.05) is 13.0 Å². The summed E-state index contributed by atoms with van der Waals surface area (Å²) in [6.45, 7) is 15.4. The van der Waals surface area contributed by atoms with E-state index in [2.05, 4.69) is 16.6 Å². The Labute approximate surface area is 219 Å². The first-order valence-electron chi connectivity index (χ1n) is 12.3. The van der Waals surface area contributed by atoms with E-state index in [9.17, 15) is 22.8 Å². The van der Waals surface area contributed by atoms with Gasteiger partial charge in [0.15, 0.2) is 0 Å². The molecule has 0 spiro atoms. The fourth-order valence-corrected chi connectivity index (χ4v) is 3.03. The van der Waals surface area contributed by atoms with Crippen LogP contribution < -0.4 is 10.6 Å². The molecular weight excluding hydrogens is 493 g/mol. The SMILES string of the molecule is C#CCOC(C)(C)CCOC(C)(C)CCC(=O)NC(C)(C)COC(C)(C)CCNC(=O)C(O)C(F)(F)F. The van der Waals surface area contributed by atoms with Crippen molar-refractivity contribution in [2.24, 2.45) is 0 Å². The number of halogens is 3. The molecule has 0 bridgehead atoms. The Balaban J connectivity index is 4.47. The van der Waals surface area contributed by atoms with Crippen molar-refractivity contribution >= 4 is 11.8 Å². The van der Waals surface area contributed by atoms with Gasteiger partial charge in [-0.1, -0.05) is 5.92 Å². The number of carbonyl (C=O) groups is 2. The highest BCUT2D eigenvalue weighted by Crippen LogP contribution is 2.22. The van der Waals surface area contributed by atoms with Crippen LogP contribution in [0.4, 0.5) is 13.2 Å². The summed E-state index contributed by atoms with van der Waals surface area (Å²) in [6.07, 6.45) is -1.27. The molecule has 0 aromatic heterocycles. The van der Waals surface area contributed by atoms with Crippen LogP contribution >= 0.6 is 0 Å². The molecule has 0 aliphatic carbocycles. The number of hydrogen-bond acceptors (Lipinski definition) is 6. The van der Waals surface area contributed by atoms with Gasteiger partial charge in [-0.05, 0) is 74.7 Å². The van der Waals surface area contributed by atoms with Crippen LogP contribution in [0.25, 0.3) is 0 Å². The molecule has 0 rings (SSSR count). The second-order valence-electron chi connectivity index (χ2n) is 11.6. The van der Waals surface area contributed by atoms with Gasteiger partial charge < -0.3 is 30.0 Å². The molecule has 2 amide bonds. The van der Waals surface area contributed by atoms with Crippen LogP contribution in [-0.2, 0) is 23.8 Å². The van der Waals surface area contributed by atoms with Gasteiger partial charge in [0.25, 0.3) is 5.91 Å². The lowest BCUT2D eigenvalue weighted by Crippen LogP contribution is -2.49. The van der Waals surface area contributed by atoms with Crippen LogP contribution in [0.15, 0.2) is 0 Å². The van der Waals surface area contributed by atoms with Crippen LogP contribution in [0.3, 0.4) is 0 Å². The fraction of sp³-hybridized carbons (Fsp3) is 0.846. The molecule has 0 aliphatic heterocycles. The minimum Gasteiger partial charge on any atom is -0.376 e. The van der Waals surface area contributed by atoms with Crippen LogP contribution in [0.1, 0.15) is 81.1 Å². The smallest absolute Gasteiger partial charge is 0.376 e. The Kier molecular flexibility index (Phi) is 13.6. The lowest BCUT2D eigenvalue weighted by atomic mass is 10.00. The normalized spacial score (nSPS) is 14.1. The molecule has 1 unspecified atom stereocenters. The van der Waals surface area contributed by atoms with Crippen LogP contribution in [0.2, 0.25) is 0 Å². The lowest BCUT2D eigenvalue weighted by molar-refractivity contribution is -0.205. The summed E-state index contributed by atoms with van der Waals surface area (Å²) in [7, 11) is 0. The number of terminal acetylenes is 1. The second-order valence-corrected chi connectivity index (χ2v) is 11.6. The maximum Gasteiger partial charge on any atom is 0.423 e. The number of hydrogen-bond donors (Lipinski definition) is 3. The maximum atomic E-state index is 12.5. The molecule has 0 fully saturated rings. The van der Waals surface area contributed by atoms with Crippen molar-refractivity contribution in [3.05, 3.63) is 0 Å². The van der Waals surface area contributed by atoms with E-state index in [1.165, 1.54) is 0 Å². The molecule has 3 N–H and O–H groups in total. The molecule has 1 atom stereocenters. The molecule has 0 aromatic rings. The molecule has 0 aromatic carbocycles. The van der Waals surface area contributed by atoms with Gasteiger partial charge in [0.05, 0.1) is 35.6 Å². The van der Waals surface area contributed by atoms with E-state index in [0.29, 0.717) is 19.4 Å². The van der Waals surface area contributed by atoms with Crippen molar-refractivity contribution < 1.29 is 42.1 Å². The number of rotatable bonds is 17. The molecule has 11 heteroatoms. The number of ether oxygens (including phenoxy) is 3. The molecule has 0 saturated carbocycles. The first-order chi connectivity index (χ1) is 16.6. The Morgan fingerprint density at radius 3 is 1.97 bits per heavy atom. The standard InChI is InChI=1S/C26H45F3N2O6/c1-10-16-35-25(8,9)14-17-36-23(4,5)12-11-19(32)31-22(2,3)18-37-24(6,7)13-15-30-21(34)20(33)26(27,28)29/h1,20,33H,11-18H2,2-9H3,(H,30,34)(H,31,32). The number of amides is 2. The average molecular weight is 539 g/mol. The Morgan fingerprint density at radius 2 is 1.43 bits per heavy atom. The molecule has 37 heavy (non-hydrogen) atoms. The van der Waals surface area contributed by atoms with E-state index in [0.717, 1.165) is 0 Å². The molecule has 0 saturated heterocycles. The first kappa shape index (κ1) is 35.1. The molecule has 0 radical (unpaired) electrons. The summed E-state index contributed by atoms with van der Waals surface area (Å²) in [5.41, 5.74) is -2.45. The van der Waals surface area contributed by atoms with Crippen LogP contribution in [0.5, 0.6) is 0 Å². The minimum absolute atomic E-state index is 0.117. The van der Waals surface area contributed by atoms with E-state index in [-0.39, 0.29) is 38.5 Å². The van der Waals surface area contributed by atoms with Gasteiger partial charge in [-0.3, -0.25) is 9.59 Å². The van der Waals surface area contributed by atoms with Gasteiger partial charge in [-0.25, -0.2) is 0 Å². The number of carbonyl (C=O) groups excluding carboxylic acids is 2. The van der Waals surface area contributed by atoms with Gasteiger partial charge in [0.2, 0.25) is 12.0 Å². The summed E-state index contributed by atoms with van der Waals surface area (Å²) in [6, 6.07) is 0. The number of nitrogens with one attached hydrogen (secondary N) is 2. The second kappa shape index (κ2) is 14.3. The van der Waals surface area contributed by atoms with E-state index in [1.807, 2.05) is 27.7 Å². The van der Waals surface area contributed by atoms with Crippen molar-refractivity contribution in [2.45, 2.75) is 116 Å². The zero-order chi connectivity index (χ0) is 29.1. The van der Waals surface area contributed by atoms with Crippen LogP contribution in [0, 0.1) is 12.3 Å². The lowest BCUT2D eigenvalue weighted by Gasteiger charge is -2.33. The van der Waals surface area contributed by atoms with Crippen molar-refractivity contribution in [1.29, 1.82) is 0 Å². The molecular formula is C26H45F3N2O6. The summed E-state index contributed by atoms with van der Waals surface area (Å²) in [5.74, 6) is 0.763. The fourth-order valence-electron chi connectivity index (χ4n) is 3.03. The van der Waals surface area contributed by atoms with Crippen LogP contribution in [-0.4, -0.2) is 77.9 Å². The third kappa shape index (κ3) is 16.6. The number of alkyl halides is 3. The monoisotopic (exact) mass is 538 g/mol. The Bertz CT molecular complexity index is 773. The largest absolute Gasteiger partial charge is 0.423 e. The molecule has 216 valence electrons. The average Bonchev–Trinajstić information content (AvgIpc) is 2.73. The Morgan fingerprint density at radius 1 is 0.892 bits per heavy atom. The van der Waals surface area contributed by atoms with Gasteiger partial charge in [-0.15, -0.1) is 6.42 Å². The predicted molar refractivity (Wildman–Crippen MR) is 135 cm³/mol. The number of aliphatic hydroxyl groups is 1. The maximum absolute atomic E-state index is 12.5. The van der Waals surface area contributed by atoms with Crippen molar-refractivity contribution in [2.75, 3.05) is 26.4 Å². The minimum atomic E-state index is -5.02. The molecule has 0 heterocycles. The summed E-state index contributed by atoms with van der Waals surface area (Å²) in [4.78, 5) is 23.9. The van der Waals surface area contributed by atoms with Gasteiger partial charge in [0.1, 0.15) is 6.61 Å². The van der Waals surface area contributed by atoms with Gasteiger partial charge in [-0.2, -0.15) is 13.2 Å². The van der Waals surface area contributed by atoms with E-state index < -0.39 is 40.5 Å². The van der Waals surface area contributed by atoms with Crippen molar-refractivity contribution in [1.82, 2.24) is 10.6 Å². The first-order valence-corrected chi connectivity index (χ1v) is 12.3. The molecule has 8 nitrogen and oxygen atoms in total. The zero-order valence-corrected chi connectivity index (χ0v) is 23.4. The van der Waals surface area contributed by atoms with E-state index in [4.69, 9.17) is 25.7 Å². The highest BCUT2D eigenvalue weighted by Gasteiger charge is 2.43. The highest BCUT2D eigenvalue weighted by molar-refractivity contribution is 5.81. The third-order valence-corrected chi connectivity index (χ3v) is 5.58. The zero-order valence-electron chi connectivity index (χ0n) is 23.4. The summed E-state index contributed by atoms with van der Waals surface area (Å²) < 4.78 is 54.6. The summed E-state index contributed by atoms with van der Waals surface area (Å²) in [5, 5.41) is 13.9. The van der Waals surface area contributed by atoms with Gasteiger partial charge >= 0.3 is 6.18 Å².